The van der Waals surface area contributed by atoms with Crippen LogP contribution in [0.1, 0.15) is 19.7 Å². The number of benzene rings is 2. The number of para-hydroxylation sites is 1. The summed E-state index contributed by atoms with van der Waals surface area (Å²) in [5.41, 5.74) is 2.36. The molecule has 1 saturated heterocycles. The minimum Gasteiger partial charge on any atom is -0.330 e. The van der Waals surface area contributed by atoms with Crippen LogP contribution in [0.4, 0.5) is 10.5 Å². The number of sulfonamides is 1. The number of imidazole rings is 1. The van der Waals surface area contributed by atoms with Crippen molar-refractivity contribution in [2.75, 3.05) is 44.6 Å². The number of amides is 2. The lowest BCUT2D eigenvalue weighted by atomic mass is 10.3. The topological polar surface area (TPSA) is 90.8 Å². The highest BCUT2D eigenvalue weighted by molar-refractivity contribution is 7.89. The molecule has 0 spiro atoms. The largest absolute Gasteiger partial charge is 0.330 e. The smallest absolute Gasteiger partial charge is 0.321 e. The molecule has 0 bridgehead atoms. The van der Waals surface area contributed by atoms with Crippen LogP contribution in [0.5, 0.6) is 0 Å². The molecule has 9 nitrogen and oxygen atoms in total. The molecule has 0 radical (unpaired) electrons. The van der Waals surface area contributed by atoms with E-state index in [-0.39, 0.29) is 10.9 Å². The van der Waals surface area contributed by atoms with E-state index in [0.29, 0.717) is 38.2 Å². The lowest BCUT2D eigenvalue weighted by Gasteiger charge is -2.34. The second kappa shape index (κ2) is 10.1. The van der Waals surface area contributed by atoms with Gasteiger partial charge in [0.05, 0.1) is 22.5 Å². The van der Waals surface area contributed by atoms with Crippen LogP contribution >= 0.6 is 0 Å². The molecule has 0 unspecified atom stereocenters. The first kappa shape index (κ1) is 24.2. The SMILES string of the molecule is CCN(CC)S(=O)(=O)c1ccc2c(c1)nc(CN1CCN(C(=O)Nc3ccccc3)CC1)n2C. The molecule has 2 heterocycles. The number of nitrogens with zero attached hydrogens (tertiary/aromatic N) is 5. The molecule has 34 heavy (non-hydrogen) atoms. The molecule has 182 valence electrons. The Balaban J connectivity index is 1.42. The molecule has 0 atom stereocenters. The maximum absolute atomic E-state index is 12.9. The lowest BCUT2D eigenvalue weighted by molar-refractivity contribution is 0.140. The third-order valence-electron chi connectivity index (χ3n) is 6.34. The van der Waals surface area contributed by atoms with Gasteiger partial charge >= 0.3 is 6.03 Å². The van der Waals surface area contributed by atoms with E-state index in [9.17, 15) is 13.2 Å². The predicted molar refractivity (Wildman–Crippen MR) is 133 cm³/mol. The number of anilines is 1. The fourth-order valence-corrected chi connectivity index (χ4v) is 5.76. The van der Waals surface area contributed by atoms with Crippen LogP contribution in [0.3, 0.4) is 0 Å². The molecule has 0 saturated carbocycles. The summed E-state index contributed by atoms with van der Waals surface area (Å²) in [6, 6.07) is 14.5. The van der Waals surface area contributed by atoms with Gasteiger partial charge in [-0.25, -0.2) is 18.2 Å². The number of nitrogens with one attached hydrogen (secondary N) is 1. The molecule has 4 rings (SSSR count). The molecule has 1 fully saturated rings. The first-order valence-corrected chi connectivity index (χ1v) is 13.1. The van der Waals surface area contributed by atoms with Crippen molar-refractivity contribution in [3.63, 3.8) is 0 Å². The molecule has 1 aromatic heterocycles. The fourth-order valence-electron chi connectivity index (χ4n) is 4.28. The Morgan fingerprint density at radius 3 is 2.35 bits per heavy atom. The van der Waals surface area contributed by atoms with E-state index in [2.05, 4.69) is 10.2 Å². The van der Waals surface area contributed by atoms with Gasteiger partial charge in [-0.2, -0.15) is 4.31 Å². The average Bonchev–Trinajstić information content (AvgIpc) is 3.15. The van der Waals surface area contributed by atoms with Gasteiger partial charge in [-0.3, -0.25) is 4.90 Å². The predicted octanol–water partition coefficient (Wildman–Crippen LogP) is 2.95. The molecular formula is C24H32N6O3S. The number of fused-ring (bicyclic) bond motifs is 1. The summed E-state index contributed by atoms with van der Waals surface area (Å²) in [4.78, 5) is 21.6. The van der Waals surface area contributed by atoms with Crippen LogP contribution in [0, 0.1) is 0 Å². The van der Waals surface area contributed by atoms with Gasteiger partial charge in [0, 0.05) is 52.0 Å². The molecule has 1 aliphatic heterocycles. The van der Waals surface area contributed by atoms with Crippen LogP contribution in [0.2, 0.25) is 0 Å². The molecule has 2 amide bonds. The van der Waals surface area contributed by atoms with Gasteiger partial charge in [0.15, 0.2) is 0 Å². The highest BCUT2D eigenvalue weighted by Crippen LogP contribution is 2.23. The Hall–Kier alpha value is -2.95. The first-order valence-electron chi connectivity index (χ1n) is 11.6. The Morgan fingerprint density at radius 1 is 1.03 bits per heavy atom. The van der Waals surface area contributed by atoms with Crippen LogP contribution < -0.4 is 5.32 Å². The Labute approximate surface area is 201 Å². The maximum atomic E-state index is 12.9. The summed E-state index contributed by atoms with van der Waals surface area (Å²) in [5, 5.41) is 2.94. The first-order chi connectivity index (χ1) is 16.3. The number of carbonyl (C=O) groups is 1. The van der Waals surface area contributed by atoms with Gasteiger partial charge in [-0.1, -0.05) is 32.0 Å². The number of piperazine rings is 1. The molecule has 1 aliphatic rings. The Morgan fingerprint density at radius 2 is 1.71 bits per heavy atom. The quantitative estimate of drug-likeness (QED) is 0.557. The van der Waals surface area contributed by atoms with Gasteiger partial charge in [-0.05, 0) is 30.3 Å². The number of carbonyl (C=O) groups excluding carboxylic acids is 1. The zero-order valence-corrected chi connectivity index (χ0v) is 20.8. The van der Waals surface area contributed by atoms with Crippen molar-refractivity contribution in [1.82, 2.24) is 23.7 Å². The normalized spacial score (nSPS) is 15.2. The van der Waals surface area contributed by atoms with E-state index in [0.717, 1.165) is 30.1 Å². The van der Waals surface area contributed by atoms with Crippen LogP contribution in [0.15, 0.2) is 53.4 Å². The van der Waals surface area contributed by atoms with E-state index in [1.807, 2.05) is 66.8 Å². The monoisotopic (exact) mass is 484 g/mol. The van der Waals surface area contributed by atoms with E-state index in [4.69, 9.17) is 4.98 Å². The second-order valence-electron chi connectivity index (χ2n) is 8.39. The lowest BCUT2D eigenvalue weighted by Crippen LogP contribution is -2.49. The second-order valence-corrected chi connectivity index (χ2v) is 10.3. The van der Waals surface area contributed by atoms with Crippen LogP contribution in [-0.2, 0) is 23.6 Å². The van der Waals surface area contributed by atoms with Crippen molar-refractivity contribution in [3.8, 4) is 0 Å². The molecule has 3 aromatic rings. The Kier molecular flexibility index (Phi) is 7.20. The minimum absolute atomic E-state index is 0.0875. The number of rotatable bonds is 7. The van der Waals surface area contributed by atoms with Crippen LogP contribution in [-0.4, -0.2) is 77.4 Å². The van der Waals surface area contributed by atoms with Crippen molar-refractivity contribution >= 4 is 32.8 Å². The van der Waals surface area contributed by atoms with E-state index in [1.165, 1.54) is 4.31 Å². The summed E-state index contributed by atoms with van der Waals surface area (Å²) in [6.45, 7) is 7.92. The number of aromatic nitrogens is 2. The number of hydrogen-bond acceptors (Lipinski definition) is 5. The maximum Gasteiger partial charge on any atom is 0.321 e. The standard InChI is InChI=1S/C24H32N6O3S/c1-4-30(5-2)34(32,33)20-11-12-22-21(17-20)26-23(27(22)3)18-28-13-15-29(16-14-28)24(31)25-19-9-7-6-8-10-19/h6-12,17H,4-5,13-16,18H2,1-3H3,(H,25,31). The molecular weight excluding hydrogens is 452 g/mol. The van der Waals surface area contributed by atoms with Crippen molar-refractivity contribution in [2.24, 2.45) is 7.05 Å². The van der Waals surface area contributed by atoms with Gasteiger partial charge in [0.25, 0.3) is 0 Å². The van der Waals surface area contributed by atoms with Gasteiger partial charge in [0.1, 0.15) is 5.82 Å². The minimum atomic E-state index is -3.53. The zero-order chi connectivity index (χ0) is 24.3. The number of aryl methyl sites for hydroxylation is 1. The highest BCUT2D eigenvalue weighted by atomic mass is 32.2. The van der Waals surface area contributed by atoms with E-state index < -0.39 is 10.0 Å². The summed E-state index contributed by atoms with van der Waals surface area (Å²) in [7, 11) is -1.58. The summed E-state index contributed by atoms with van der Waals surface area (Å²) in [6.07, 6.45) is 0. The number of urea groups is 1. The Bertz CT molecular complexity index is 1250. The van der Waals surface area contributed by atoms with Crippen molar-refractivity contribution < 1.29 is 13.2 Å². The fraction of sp³-hybridized carbons (Fsp3) is 0.417. The summed E-state index contributed by atoms with van der Waals surface area (Å²) < 4.78 is 29.2. The van der Waals surface area contributed by atoms with E-state index in [1.54, 1.807) is 12.1 Å². The third-order valence-corrected chi connectivity index (χ3v) is 8.38. The van der Waals surface area contributed by atoms with Gasteiger partial charge in [0.2, 0.25) is 10.0 Å². The summed E-state index contributed by atoms with van der Waals surface area (Å²) >= 11 is 0. The van der Waals surface area contributed by atoms with Crippen molar-refractivity contribution in [1.29, 1.82) is 0 Å². The molecule has 1 N–H and O–H groups in total. The van der Waals surface area contributed by atoms with Gasteiger partial charge < -0.3 is 14.8 Å². The van der Waals surface area contributed by atoms with Gasteiger partial charge in [-0.15, -0.1) is 0 Å². The highest BCUT2D eigenvalue weighted by Gasteiger charge is 2.24. The van der Waals surface area contributed by atoms with Crippen molar-refractivity contribution in [3.05, 3.63) is 54.4 Å². The van der Waals surface area contributed by atoms with Crippen molar-refractivity contribution in [2.45, 2.75) is 25.3 Å². The number of hydrogen-bond donors (Lipinski definition) is 1. The molecule has 2 aromatic carbocycles. The summed E-state index contributed by atoms with van der Waals surface area (Å²) in [5.74, 6) is 0.870. The van der Waals surface area contributed by atoms with Crippen LogP contribution in [0.25, 0.3) is 11.0 Å². The molecule has 10 heteroatoms. The average molecular weight is 485 g/mol. The molecule has 0 aliphatic carbocycles. The van der Waals surface area contributed by atoms with E-state index >= 15 is 0 Å². The zero-order valence-electron chi connectivity index (χ0n) is 19.9. The third kappa shape index (κ3) is 4.94.